The van der Waals surface area contributed by atoms with E-state index in [1.165, 1.54) is 18.7 Å². The van der Waals surface area contributed by atoms with Crippen LogP contribution < -0.4 is 15.5 Å². The zero-order valence-corrected chi connectivity index (χ0v) is 18.9. The molecule has 1 unspecified atom stereocenters. The molecule has 2 fully saturated rings. The Hall–Kier alpha value is -2.57. The third kappa shape index (κ3) is 4.48. The molecule has 174 valence electrons. The first-order valence-electron chi connectivity index (χ1n) is 11.9. The molecule has 2 aliphatic rings. The highest BCUT2D eigenvalue weighted by atomic mass is 19.1. The van der Waals surface area contributed by atoms with Gasteiger partial charge < -0.3 is 20.1 Å². The summed E-state index contributed by atoms with van der Waals surface area (Å²) in [6.45, 7) is 3.43. The van der Waals surface area contributed by atoms with Gasteiger partial charge in [0.05, 0.1) is 16.6 Å². The van der Waals surface area contributed by atoms with E-state index in [1.807, 2.05) is 0 Å². The number of hydrogen-bond donors (Lipinski definition) is 3. The second-order valence-electron chi connectivity index (χ2n) is 9.63. The number of carboxylic acid groups (broad SMARTS) is 1. The first kappa shape index (κ1) is 22.6. The van der Waals surface area contributed by atoms with E-state index in [0.29, 0.717) is 11.2 Å². The number of anilines is 1. The average molecular weight is 445 g/mol. The fourth-order valence-electron chi connectivity index (χ4n) is 5.26. The molecule has 0 radical (unpaired) electrons. The lowest BCUT2D eigenvalue weighted by atomic mass is 9.90. The second-order valence-corrected chi connectivity index (χ2v) is 9.63. The maximum absolute atomic E-state index is 15.5. The minimum atomic E-state index is -1.15. The number of H-pyrrole nitrogens is 1. The molecule has 0 aliphatic heterocycles. The number of nitrogens with one attached hydrogen (secondary N) is 2. The highest BCUT2D eigenvalue weighted by molar-refractivity contribution is 5.88. The van der Waals surface area contributed by atoms with Crippen LogP contribution in [0, 0.1) is 11.7 Å². The fraction of sp³-hybridized carbons (Fsp3) is 0.600. The maximum atomic E-state index is 15.5. The van der Waals surface area contributed by atoms with Crippen LogP contribution >= 0.6 is 0 Å². The number of aliphatic carboxylic acids is 1. The van der Waals surface area contributed by atoms with Gasteiger partial charge in [-0.05, 0) is 37.7 Å². The van der Waals surface area contributed by atoms with Gasteiger partial charge in [-0.25, -0.2) is 9.18 Å². The van der Waals surface area contributed by atoms with Gasteiger partial charge in [0.25, 0.3) is 0 Å². The summed E-state index contributed by atoms with van der Waals surface area (Å²) in [7, 11) is 0. The zero-order valence-electron chi connectivity index (χ0n) is 18.9. The van der Waals surface area contributed by atoms with Crippen molar-refractivity contribution in [3.8, 4) is 5.75 Å². The number of ether oxygens (including phenoxy) is 1. The summed E-state index contributed by atoms with van der Waals surface area (Å²) >= 11 is 0. The van der Waals surface area contributed by atoms with Crippen molar-refractivity contribution in [2.24, 2.45) is 5.92 Å². The summed E-state index contributed by atoms with van der Waals surface area (Å²) in [6.07, 6.45) is 9.94. The molecular weight excluding hydrogens is 411 g/mol. The van der Waals surface area contributed by atoms with Crippen molar-refractivity contribution in [3.63, 3.8) is 0 Å². The van der Waals surface area contributed by atoms with Crippen molar-refractivity contribution in [1.82, 2.24) is 4.98 Å². The Kier molecular flexibility index (Phi) is 6.72. The zero-order chi connectivity index (χ0) is 22.8. The first-order chi connectivity index (χ1) is 15.4. The molecule has 0 spiro atoms. The van der Waals surface area contributed by atoms with Gasteiger partial charge in [0.15, 0.2) is 11.9 Å². The predicted molar refractivity (Wildman–Crippen MR) is 123 cm³/mol. The van der Waals surface area contributed by atoms with Crippen LogP contribution in [-0.4, -0.2) is 28.2 Å². The van der Waals surface area contributed by atoms with E-state index < -0.39 is 23.3 Å². The number of carboxylic acids is 1. The molecule has 6 nitrogen and oxygen atoms in total. The van der Waals surface area contributed by atoms with Crippen LogP contribution in [0.5, 0.6) is 5.75 Å². The van der Waals surface area contributed by atoms with E-state index in [0.717, 1.165) is 56.9 Å². The summed E-state index contributed by atoms with van der Waals surface area (Å²) in [5, 5.41) is 13.1. The van der Waals surface area contributed by atoms with E-state index in [-0.39, 0.29) is 29.0 Å². The van der Waals surface area contributed by atoms with Crippen LogP contribution in [0.25, 0.3) is 10.9 Å². The largest absolute Gasteiger partial charge is 0.478 e. The van der Waals surface area contributed by atoms with E-state index in [4.69, 9.17) is 4.74 Å². The molecule has 1 aromatic heterocycles. The van der Waals surface area contributed by atoms with Crippen LogP contribution in [0.1, 0.15) is 83.1 Å². The van der Waals surface area contributed by atoms with Gasteiger partial charge in [0, 0.05) is 23.7 Å². The summed E-state index contributed by atoms with van der Waals surface area (Å²) in [5.41, 5.74) is 1.52. The van der Waals surface area contributed by atoms with Crippen molar-refractivity contribution < 1.29 is 19.0 Å². The van der Waals surface area contributed by atoms with Gasteiger partial charge in [-0.2, -0.15) is 0 Å². The van der Waals surface area contributed by atoms with Crippen molar-refractivity contribution in [2.45, 2.75) is 89.7 Å². The summed E-state index contributed by atoms with van der Waals surface area (Å²) < 4.78 is 21.0. The van der Waals surface area contributed by atoms with Gasteiger partial charge in [0.2, 0.25) is 5.43 Å². The molecule has 7 heteroatoms. The van der Waals surface area contributed by atoms with Gasteiger partial charge in [-0.1, -0.05) is 46.0 Å². The average Bonchev–Trinajstić information content (AvgIpc) is 3.29. The topological polar surface area (TPSA) is 91.4 Å². The quantitative estimate of drug-likeness (QED) is 0.520. The lowest BCUT2D eigenvalue weighted by molar-refractivity contribution is -0.147. The third-order valence-corrected chi connectivity index (χ3v) is 6.95. The third-order valence-electron chi connectivity index (χ3n) is 6.95. The van der Waals surface area contributed by atoms with Gasteiger partial charge in [-0.3, -0.25) is 4.79 Å². The summed E-state index contributed by atoms with van der Waals surface area (Å²) in [6, 6.07) is 1.52. The number of aromatic amines is 1. The second kappa shape index (κ2) is 9.51. The number of benzene rings is 1. The Labute approximate surface area is 187 Å². The molecule has 1 heterocycles. The van der Waals surface area contributed by atoms with Crippen LogP contribution in [-0.2, 0) is 4.79 Å². The number of hydrogen-bond acceptors (Lipinski definition) is 4. The molecule has 0 amide bonds. The molecule has 4 rings (SSSR count). The van der Waals surface area contributed by atoms with Crippen molar-refractivity contribution in [2.75, 3.05) is 5.32 Å². The van der Waals surface area contributed by atoms with Crippen LogP contribution in [0.15, 0.2) is 17.1 Å². The van der Waals surface area contributed by atoms with Gasteiger partial charge in [-0.15, -0.1) is 0 Å². The van der Waals surface area contributed by atoms with Crippen molar-refractivity contribution in [1.29, 1.82) is 0 Å². The Morgan fingerprint density at radius 1 is 1.16 bits per heavy atom. The first-order valence-corrected chi connectivity index (χ1v) is 11.9. The maximum Gasteiger partial charge on any atom is 0.345 e. The van der Waals surface area contributed by atoms with Crippen molar-refractivity contribution >= 4 is 22.6 Å². The lowest BCUT2D eigenvalue weighted by Crippen LogP contribution is -2.33. The van der Waals surface area contributed by atoms with Crippen LogP contribution in [0.4, 0.5) is 10.1 Å². The number of aromatic nitrogens is 1. The molecule has 2 aliphatic carbocycles. The minimum Gasteiger partial charge on any atom is -0.478 e. The molecule has 2 aromatic rings. The minimum absolute atomic E-state index is 0.0941. The predicted octanol–water partition coefficient (Wildman–Crippen LogP) is 5.56. The monoisotopic (exact) mass is 444 g/mol. The Bertz CT molecular complexity index is 1040. The Morgan fingerprint density at radius 3 is 2.44 bits per heavy atom. The van der Waals surface area contributed by atoms with Crippen LogP contribution in [0.2, 0.25) is 0 Å². The Morgan fingerprint density at radius 2 is 1.81 bits per heavy atom. The molecule has 1 aromatic carbocycles. The number of halogens is 1. The van der Waals surface area contributed by atoms with Gasteiger partial charge >= 0.3 is 5.97 Å². The molecule has 2 saturated carbocycles. The lowest BCUT2D eigenvalue weighted by Gasteiger charge is -2.27. The van der Waals surface area contributed by atoms with E-state index in [1.54, 1.807) is 13.8 Å². The number of rotatable bonds is 7. The van der Waals surface area contributed by atoms with E-state index in [9.17, 15) is 14.7 Å². The van der Waals surface area contributed by atoms with E-state index in [2.05, 4.69) is 10.3 Å². The number of fused-ring (bicyclic) bond motifs is 1. The van der Waals surface area contributed by atoms with E-state index >= 15 is 4.39 Å². The molecule has 0 bridgehead atoms. The summed E-state index contributed by atoms with van der Waals surface area (Å²) in [5.74, 6) is -1.79. The Balaban J connectivity index is 1.80. The standard InChI is InChI=1S/C25H33FN2O4/c1-14(2)24(25(30)31)32-19-13-27-21-17(23(19)29)12-18(26)22(20(21)15-8-6-7-9-15)28-16-10-4-3-5-11-16/h12-16,24,28H,3-11H2,1-2H3,(H,27,29)(H,30,31). The highest BCUT2D eigenvalue weighted by Gasteiger charge is 2.29. The molecule has 0 saturated heterocycles. The van der Waals surface area contributed by atoms with Crippen molar-refractivity contribution in [3.05, 3.63) is 33.9 Å². The number of pyridine rings is 1. The molecule has 32 heavy (non-hydrogen) atoms. The molecular formula is C25H33FN2O4. The molecule has 1 atom stereocenters. The fourth-order valence-corrected chi connectivity index (χ4v) is 5.26. The smallest absolute Gasteiger partial charge is 0.345 e. The SMILES string of the molecule is CC(C)C(Oc1c[nH]c2c(C3CCCC3)c(NC3CCCCC3)c(F)cc2c1=O)C(=O)O. The van der Waals surface area contributed by atoms with Crippen LogP contribution in [0.3, 0.4) is 0 Å². The van der Waals surface area contributed by atoms with Gasteiger partial charge in [0.1, 0.15) is 5.82 Å². The number of carbonyl (C=O) groups is 1. The highest BCUT2D eigenvalue weighted by Crippen LogP contribution is 2.42. The molecule has 3 N–H and O–H groups in total. The summed E-state index contributed by atoms with van der Waals surface area (Å²) in [4.78, 5) is 27.9. The normalized spacial score (nSPS) is 18.9.